The maximum Gasteiger partial charge on any atom is 0.169 e. The molecule has 0 aliphatic heterocycles. The summed E-state index contributed by atoms with van der Waals surface area (Å²) in [4.78, 5) is 0. The quantitative estimate of drug-likeness (QED) is 0.723. The summed E-state index contributed by atoms with van der Waals surface area (Å²) in [5.41, 5.74) is 2.32. The van der Waals surface area contributed by atoms with Gasteiger partial charge in [-0.05, 0) is 23.3 Å². The third kappa shape index (κ3) is 5.48. The molecule has 0 amide bonds. The van der Waals surface area contributed by atoms with Gasteiger partial charge in [0.15, 0.2) is 6.29 Å². The van der Waals surface area contributed by atoms with Crippen LogP contribution in [-0.4, -0.2) is 27.1 Å². The first kappa shape index (κ1) is 16.5. The van der Waals surface area contributed by atoms with Crippen LogP contribution >= 0.6 is 0 Å². The first-order valence-corrected chi connectivity index (χ1v) is 7.34. The molecule has 0 heterocycles. The highest BCUT2D eigenvalue weighted by Crippen LogP contribution is 2.15. The van der Waals surface area contributed by atoms with Gasteiger partial charge in [-0.3, -0.25) is 0 Å². The van der Waals surface area contributed by atoms with Crippen molar-refractivity contribution in [1.29, 1.82) is 0 Å². The van der Waals surface area contributed by atoms with Crippen LogP contribution in [0.15, 0.2) is 54.6 Å². The molecule has 0 aromatic heterocycles. The molecule has 4 nitrogen and oxygen atoms in total. The number of benzene rings is 2. The van der Waals surface area contributed by atoms with Gasteiger partial charge in [0, 0.05) is 27.3 Å². The van der Waals surface area contributed by atoms with Crippen LogP contribution in [0.1, 0.15) is 11.1 Å². The Morgan fingerprint density at radius 3 is 2.36 bits per heavy atom. The lowest BCUT2D eigenvalue weighted by Gasteiger charge is -2.14. The average Bonchev–Trinajstić information content (AvgIpc) is 2.58. The summed E-state index contributed by atoms with van der Waals surface area (Å²) >= 11 is 0. The minimum absolute atomic E-state index is 0.225. The molecule has 0 atom stereocenters. The van der Waals surface area contributed by atoms with Gasteiger partial charge in [-0.2, -0.15) is 0 Å². The van der Waals surface area contributed by atoms with Crippen molar-refractivity contribution >= 4 is 0 Å². The second kappa shape index (κ2) is 9.20. The third-order valence-corrected chi connectivity index (χ3v) is 3.31. The monoisotopic (exact) mass is 301 g/mol. The molecule has 0 fully saturated rings. The second-order valence-electron chi connectivity index (χ2n) is 4.95. The maximum atomic E-state index is 5.83. The number of rotatable bonds is 9. The van der Waals surface area contributed by atoms with Gasteiger partial charge in [-0.15, -0.1) is 0 Å². The molecule has 2 aromatic rings. The number of ether oxygens (including phenoxy) is 3. The van der Waals surface area contributed by atoms with Gasteiger partial charge >= 0.3 is 0 Å². The lowest BCUT2D eigenvalue weighted by atomic mass is 10.2. The highest BCUT2D eigenvalue weighted by atomic mass is 16.7. The van der Waals surface area contributed by atoms with Crippen LogP contribution < -0.4 is 10.1 Å². The van der Waals surface area contributed by atoms with E-state index in [9.17, 15) is 0 Å². The predicted molar refractivity (Wildman–Crippen MR) is 86.7 cm³/mol. The molecule has 2 rings (SSSR count). The van der Waals surface area contributed by atoms with E-state index in [0.717, 1.165) is 23.4 Å². The van der Waals surface area contributed by atoms with E-state index in [1.807, 2.05) is 36.4 Å². The van der Waals surface area contributed by atoms with Crippen LogP contribution in [0.25, 0.3) is 0 Å². The van der Waals surface area contributed by atoms with E-state index in [2.05, 4.69) is 23.5 Å². The van der Waals surface area contributed by atoms with E-state index < -0.39 is 0 Å². The Labute approximate surface area is 132 Å². The maximum absolute atomic E-state index is 5.83. The smallest absolute Gasteiger partial charge is 0.169 e. The highest BCUT2D eigenvalue weighted by molar-refractivity contribution is 5.29. The Morgan fingerprint density at radius 1 is 0.909 bits per heavy atom. The summed E-state index contributed by atoms with van der Waals surface area (Å²) in [6.07, 6.45) is -0.225. The van der Waals surface area contributed by atoms with E-state index in [-0.39, 0.29) is 6.29 Å². The molecule has 0 aliphatic carbocycles. The van der Waals surface area contributed by atoms with Crippen LogP contribution in [0.3, 0.4) is 0 Å². The summed E-state index contributed by atoms with van der Waals surface area (Å²) in [5.74, 6) is 0.873. The molecule has 4 heteroatoms. The van der Waals surface area contributed by atoms with Crippen molar-refractivity contribution in [3.63, 3.8) is 0 Å². The van der Waals surface area contributed by atoms with E-state index in [1.54, 1.807) is 14.2 Å². The zero-order valence-corrected chi connectivity index (χ0v) is 13.1. The van der Waals surface area contributed by atoms with Crippen LogP contribution in [0.5, 0.6) is 5.75 Å². The number of hydrogen-bond donors (Lipinski definition) is 1. The van der Waals surface area contributed by atoms with Crippen LogP contribution in [-0.2, 0) is 22.6 Å². The summed E-state index contributed by atoms with van der Waals surface area (Å²) in [5, 5.41) is 3.30. The van der Waals surface area contributed by atoms with Crippen LogP contribution in [0.2, 0.25) is 0 Å². The van der Waals surface area contributed by atoms with Crippen molar-refractivity contribution in [2.24, 2.45) is 0 Å². The molecule has 1 N–H and O–H groups in total. The Balaban J connectivity index is 1.82. The second-order valence-corrected chi connectivity index (χ2v) is 4.95. The fourth-order valence-corrected chi connectivity index (χ4v) is 2.08. The molecule has 0 unspecified atom stereocenters. The molecule has 0 radical (unpaired) electrons. The van der Waals surface area contributed by atoms with Gasteiger partial charge in [0.2, 0.25) is 0 Å². The molecule has 118 valence electrons. The lowest BCUT2D eigenvalue weighted by Crippen LogP contribution is -2.29. The molecule has 2 aromatic carbocycles. The van der Waals surface area contributed by atoms with Crippen molar-refractivity contribution in [2.75, 3.05) is 20.8 Å². The van der Waals surface area contributed by atoms with Crippen molar-refractivity contribution in [3.8, 4) is 5.75 Å². The van der Waals surface area contributed by atoms with Gasteiger partial charge in [0.25, 0.3) is 0 Å². The molecular weight excluding hydrogens is 278 g/mol. The van der Waals surface area contributed by atoms with E-state index in [4.69, 9.17) is 14.2 Å². The zero-order valence-electron chi connectivity index (χ0n) is 13.1. The Kier molecular flexibility index (Phi) is 6.90. The zero-order chi connectivity index (χ0) is 15.6. The molecule has 0 saturated heterocycles. The fraction of sp³-hybridized carbons (Fsp3) is 0.333. The standard InChI is InChI=1S/C18H23NO3/c1-20-18(21-2)13-19-12-16-9-6-10-17(11-16)22-14-15-7-4-3-5-8-15/h3-11,18-19H,12-14H2,1-2H3. The number of nitrogens with one attached hydrogen (secondary N) is 1. The number of hydrogen-bond acceptors (Lipinski definition) is 4. The van der Waals surface area contributed by atoms with Crippen molar-refractivity contribution in [1.82, 2.24) is 5.32 Å². The fourth-order valence-electron chi connectivity index (χ4n) is 2.08. The van der Waals surface area contributed by atoms with Crippen molar-refractivity contribution in [2.45, 2.75) is 19.4 Å². The summed E-state index contributed by atoms with van der Waals surface area (Å²) in [7, 11) is 3.27. The largest absolute Gasteiger partial charge is 0.489 e. The molecule has 0 aliphatic rings. The van der Waals surface area contributed by atoms with Gasteiger partial charge < -0.3 is 19.5 Å². The highest BCUT2D eigenvalue weighted by Gasteiger charge is 2.04. The van der Waals surface area contributed by atoms with Gasteiger partial charge in [-0.25, -0.2) is 0 Å². The van der Waals surface area contributed by atoms with E-state index in [1.165, 1.54) is 0 Å². The third-order valence-electron chi connectivity index (χ3n) is 3.31. The van der Waals surface area contributed by atoms with Gasteiger partial charge in [-0.1, -0.05) is 42.5 Å². The van der Waals surface area contributed by atoms with E-state index >= 15 is 0 Å². The Bertz CT molecular complexity index is 541. The summed E-state index contributed by atoms with van der Waals surface area (Å²) in [6, 6.07) is 18.2. The normalized spacial score (nSPS) is 10.9. The Hall–Kier alpha value is -1.88. The molecule has 0 spiro atoms. The predicted octanol–water partition coefficient (Wildman–Crippen LogP) is 2.97. The topological polar surface area (TPSA) is 39.7 Å². The SMILES string of the molecule is COC(CNCc1cccc(OCc2ccccc2)c1)OC. The molecular formula is C18H23NO3. The van der Waals surface area contributed by atoms with Gasteiger partial charge in [0.1, 0.15) is 12.4 Å². The minimum Gasteiger partial charge on any atom is -0.489 e. The first-order chi connectivity index (χ1) is 10.8. The average molecular weight is 301 g/mol. The molecule has 22 heavy (non-hydrogen) atoms. The minimum atomic E-state index is -0.225. The first-order valence-electron chi connectivity index (χ1n) is 7.34. The van der Waals surface area contributed by atoms with E-state index in [0.29, 0.717) is 13.2 Å². The number of methoxy groups -OCH3 is 2. The summed E-state index contributed by atoms with van der Waals surface area (Å²) in [6.45, 7) is 1.96. The van der Waals surface area contributed by atoms with Crippen LogP contribution in [0, 0.1) is 0 Å². The van der Waals surface area contributed by atoms with Crippen molar-refractivity contribution < 1.29 is 14.2 Å². The molecule has 0 saturated carbocycles. The summed E-state index contributed by atoms with van der Waals surface area (Å²) < 4.78 is 16.1. The lowest BCUT2D eigenvalue weighted by molar-refractivity contribution is -0.0989. The van der Waals surface area contributed by atoms with Crippen molar-refractivity contribution in [3.05, 3.63) is 65.7 Å². The van der Waals surface area contributed by atoms with Gasteiger partial charge in [0.05, 0.1) is 0 Å². The van der Waals surface area contributed by atoms with Crippen LogP contribution in [0.4, 0.5) is 0 Å². The Morgan fingerprint density at radius 2 is 1.64 bits per heavy atom. The molecule has 0 bridgehead atoms.